The standard InChI is InChI=1S/C25H23FN4O3S/c1-32-22-14-21(30-25(34)28-12-11-16-7-9-17(15-27)10-8-16)23(33-2)13-20(22)29-24(31)18-5-3-4-6-19(18)26/h3-10,13-14H,11-12H2,1-2H3,(H,29,31)(H2,28,30,34). The molecule has 0 unspecified atom stereocenters. The number of rotatable bonds is 8. The van der Waals surface area contributed by atoms with Crippen molar-refractivity contribution < 1.29 is 18.7 Å². The lowest BCUT2D eigenvalue weighted by Crippen LogP contribution is -2.30. The normalized spacial score (nSPS) is 10.1. The zero-order valence-electron chi connectivity index (χ0n) is 18.6. The van der Waals surface area contributed by atoms with E-state index >= 15 is 0 Å². The fraction of sp³-hybridized carbons (Fsp3) is 0.160. The van der Waals surface area contributed by atoms with E-state index < -0.39 is 11.7 Å². The van der Waals surface area contributed by atoms with Gasteiger partial charge < -0.3 is 25.4 Å². The number of thiocarbonyl (C=S) groups is 1. The molecule has 0 aliphatic heterocycles. The van der Waals surface area contributed by atoms with E-state index in [1.807, 2.05) is 12.1 Å². The molecule has 0 spiro atoms. The number of amides is 1. The Morgan fingerprint density at radius 1 is 1.00 bits per heavy atom. The van der Waals surface area contributed by atoms with Crippen molar-refractivity contribution in [1.29, 1.82) is 5.26 Å². The Kier molecular flexibility index (Phi) is 8.37. The van der Waals surface area contributed by atoms with E-state index in [4.69, 9.17) is 27.0 Å². The van der Waals surface area contributed by atoms with E-state index in [1.54, 1.807) is 30.3 Å². The summed E-state index contributed by atoms with van der Waals surface area (Å²) in [5.41, 5.74) is 2.45. The van der Waals surface area contributed by atoms with Gasteiger partial charge in [-0.1, -0.05) is 24.3 Å². The predicted molar refractivity (Wildman–Crippen MR) is 133 cm³/mol. The van der Waals surface area contributed by atoms with Crippen LogP contribution in [0.15, 0.2) is 60.7 Å². The van der Waals surface area contributed by atoms with Crippen molar-refractivity contribution in [3.63, 3.8) is 0 Å². The maximum Gasteiger partial charge on any atom is 0.258 e. The largest absolute Gasteiger partial charge is 0.494 e. The van der Waals surface area contributed by atoms with Gasteiger partial charge in [0.1, 0.15) is 17.3 Å². The number of benzene rings is 3. The van der Waals surface area contributed by atoms with E-state index in [-0.39, 0.29) is 5.56 Å². The highest BCUT2D eigenvalue weighted by atomic mass is 32.1. The Balaban J connectivity index is 1.67. The highest BCUT2D eigenvalue weighted by Gasteiger charge is 2.17. The molecular weight excluding hydrogens is 455 g/mol. The van der Waals surface area contributed by atoms with Crippen LogP contribution in [0.25, 0.3) is 0 Å². The second kappa shape index (κ2) is 11.6. The van der Waals surface area contributed by atoms with Gasteiger partial charge in [-0.05, 0) is 48.5 Å². The number of nitrogens with zero attached hydrogens (tertiary/aromatic N) is 1. The molecule has 0 saturated carbocycles. The number of anilines is 2. The third kappa shape index (κ3) is 6.21. The molecule has 7 nitrogen and oxygen atoms in total. The first kappa shape index (κ1) is 24.5. The van der Waals surface area contributed by atoms with Gasteiger partial charge in [0, 0.05) is 18.7 Å². The lowest BCUT2D eigenvalue weighted by atomic mass is 10.1. The molecule has 0 heterocycles. The summed E-state index contributed by atoms with van der Waals surface area (Å²) in [4.78, 5) is 12.5. The molecule has 0 fully saturated rings. The number of nitriles is 1. The Labute approximate surface area is 202 Å². The summed E-state index contributed by atoms with van der Waals surface area (Å²) in [7, 11) is 2.94. The minimum atomic E-state index is -0.623. The van der Waals surface area contributed by atoms with E-state index in [9.17, 15) is 9.18 Å². The average molecular weight is 479 g/mol. The van der Waals surface area contributed by atoms with Gasteiger partial charge in [-0.15, -0.1) is 0 Å². The van der Waals surface area contributed by atoms with Crippen LogP contribution in [0.3, 0.4) is 0 Å². The first-order chi connectivity index (χ1) is 16.4. The molecule has 0 aliphatic rings. The third-order valence-electron chi connectivity index (χ3n) is 4.92. The molecule has 3 N–H and O–H groups in total. The van der Waals surface area contributed by atoms with Gasteiger partial charge in [-0.25, -0.2) is 4.39 Å². The zero-order chi connectivity index (χ0) is 24.5. The summed E-state index contributed by atoms with van der Waals surface area (Å²) < 4.78 is 24.8. The van der Waals surface area contributed by atoms with Crippen LogP contribution in [-0.4, -0.2) is 31.8 Å². The molecule has 0 atom stereocenters. The van der Waals surface area contributed by atoms with Crippen LogP contribution in [0, 0.1) is 17.1 Å². The maximum atomic E-state index is 14.0. The second-order valence-electron chi connectivity index (χ2n) is 7.13. The molecule has 0 saturated heterocycles. The number of ether oxygens (including phenoxy) is 2. The Morgan fingerprint density at radius 2 is 1.62 bits per heavy atom. The van der Waals surface area contributed by atoms with E-state index in [0.29, 0.717) is 40.1 Å². The monoisotopic (exact) mass is 478 g/mol. The summed E-state index contributed by atoms with van der Waals surface area (Å²) in [5.74, 6) is -0.491. The lowest BCUT2D eigenvalue weighted by molar-refractivity contribution is 0.102. The van der Waals surface area contributed by atoms with Crippen molar-refractivity contribution in [2.75, 3.05) is 31.4 Å². The van der Waals surface area contributed by atoms with Crippen molar-refractivity contribution in [2.45, 2.75) is 6.42 Å². The number of halogens is 1. The van der Waals surface area contributed by atoms with E-state index in [2.05, 4.69) is 22.0 Å². The minimum absolute atomic E-state index is 0.0848. The maximum absolute atomic E-state index is 14.0. The van der Waals surface area contributed by atoms with Gasteiger partial charge in [0.25, 0.3) is 5.91 Å². The summed E-state index contributed by atoms with van der Waals surface area (Å²) in [5, 5.41) is 18.1. The van der Waals surface area contributed by atoms with Crippen LogP contribution >= 0.6 is 12.2 Å². The smallest absolute Gasteiger partial charge is 0.258 e. The molecule has 3 aromatic rings. The average Bonchev–Trinajstić information content (AvgIpc) is 2.85. The number of nitrogens with one attached hydrogen (secondary N) is 3. The van der Waals surface area contributed by atoms with Crippen molar-refractivity contribution in [2.24, 2.45) is 0 Å². The van der Waals surface area contributed by atoms with Crippen molar-refractivity contribution in [3.8, 4) is 17.6 Å². The van der Waals surface area contributed by atoms with E-state index in [0.717, 1.165) is 12.0 Å². The molecule has 0 bridgehead atoms. The highest BCUT2D eigenvalue weighted by Crippen LogP contribution is 2.36. The number of methoxy groups -OCH3 is 2. The Bertz CT molecular complexity index is 1230. The quantitative estimate of drug-likeness (QED) is 0.411. The molecule has 34 heavy (non-hydrogen) atoms. The predicted octanol–water partition coefficient (Wildman–Crippen LogP) is 4.50. The van der Waals surface area contributed by atoms with Gasteiger partial charge in [-0.3, -0.25) is 4.79 Å². The van der Waals surface area contributed by atoms with Gasteiger partial charge in [0.15, 0.2) is 5.11 Å². The molecule has 1 amide bonds. The Hall–Kier alpha value is -4.16. The summed E-state index contributed by atoms with van der Waals surface area (Å²) >= 11 is 5.39. The van der Waals surface area contributed by atoms with Gasteiger partial charge in [0.2, 0.25) is 0 Å². The SMILES string of the molecule is COc1cc(NC(=S)NCCc2ccc(C#N)cc2)c(OC)cc1NC(=O)c1ccccc1F. The molecule has 3 rings (SSSR count). The van der Waals surface area contributed by atoms with Gasteiger partial charge in [-0.2, -0.15) is 5.26 Å². The first-order valence-electron chi connectivity index (χ1n) is 10.3. The van der Waals surface area contributed by atoms with E-state index in [1.165, 1.54) is 32.4 Å². The zero-order valence-corrected chi connectivity index (χ0v) is 19.5. The minimum Gasteiger partial charge on any atom is -0.494 e. The van der Waals surface area contributed by atoms with Crippen LogP contribution in [-0.2, 0) is 6.42 Å². The summed E-state index contributed by atoms with van der Waals surface area (Å²) in [6.07, 6.45) is 0.717. The fourth-order valence-electron chi connectivity index (χ4n) is 3.16. The molecule has 0 radical (unpaired) electrons. The van der Waals surface area contributed by atoms with Crippen molar-refractivity contribution in [3.05, 3.63) is 83.2 Å². The Morgan fingerprint density at radius 3 is 2.21 bits per heavy atom. The molecule has 3 aromatic carbocycles. The topological polar surface area (TPSA) is 95.4 Å². The van der Waals surface area contributed by atoms with Gasteiger partial charge in [0.05, 0.1) is 42.8 Å². The highest BCUT2D eigenvalue weighted by molar-refractivity contribution is 7.80. The molecule has 0 aromatic heterocycles. The lowest BCUT2D eigenvalue weighted by Gasteiger charge is -2.17. The van der Waals surface area contributed by atoms with Crippen LogP contribution in [0.4, 0.5) is 15.8 Å². The van der Waals surface area contributed by atoms with Crippen LogP contribution in [0.5, 0.6) is 11.5 Å². The third-order valence-corrected chi connectivity index (χ3v) is 5.17. The number of carbonyl (C=O) groups excluding carboxylic acids is 1. The molecular formula is C25H23FN4O3S. The number of hydrogen-bond acceptors (Lipinski definition) is 5. The number of carbonyl (C=O) groups is 1. The summed E-state index contributed by atoms with van der Waals surface area (Å²) in [6, 6.07) is 18.3. The van der Waals surface area contributed by atoms with Crippen LogP contribution in [0.2, 0.25) is 0 Å². The van der Waals surface area contributed by atoms with Crippen molar-refractivity contribution in [1.82, 2.24) is 5.32 Å². The first-order valence-corrected chi connectivity index (χ1v) is 10.7. The molecule has 9 heteroatoms. The van der Waals surface area contributed by atoms with Crippen LogP contribution < -0.4 is 25.4 Å². The molecule has 174 valence electrons. The molecule has 0 aliphatic carbocycles. The number of hydrogen-bond donors (Lipinski definition) is 3. The fourth-order valence-corrected chi connectivity index (χ4v) is 3.37. The van der Waals surface area contributed by atoms with Gasteiger partial charge >= 0.3 is 0 Å². The van der Waals surface area contributed by atoms with Crippen LogP contribution in [0.1, 0.15) is 21.5 Å². The summed E-state index contributed by atoms with van der Waals surface area (Å²) in [6.45, 7) is 0.577. The second-order valence-corrected chi connectivity index (χ2v) is 7.53. The van der Waals surface area contributed by atoms with Crippen molar-refractivity contribution >= 4 is 34.6 Å².